The van der Waals surface area contributed by atoms with Gasteiger partial charge in [-0.15, -0.1) is 0 Å². The van der Waals surface area contributed by atoms with Gasteiger partial charge in [0, 0.05) is 22.2 Å². The third-order valence-corrected chi connectivity index (χ3v) is 6.73. The zero-order valence-electron chi connectivity index (χ0n) is 19.8. The van der Waals surface area contributed by atoms with Gasteiger partial charge in [-0.2, -0.15) is 0 Å². The molecule has 1 aliphatic heterocycles. The number of H-pyrrole nitrogens is 1. The molecule has 33 heavy (non-hydrogen) atoms. The number of fused-ring (bicyclic) bond motifs is 1. The van der Waals surface area contributed by atoms with Crippen molar-refractivity contribution in [2.24, 2.45) is 11.3 Å². The van der Waals surface area contributed by atoms with Crippen LogP contribution in [0, 0.1) is 18.3 Å². The number of esters is 1. The van der Waals surface area contributed by atoms with Crippen molar-refractivity contribution >= 4 is 34.6 Å². The second kappa shape index (κ2) is 8.01. The van der Waals surface area contributed by atoms with Gasteiger partial charge >= 0.3 is 12.0 Å². The summed E-state index contributed by atoms with van der Waals surface area (Å²) < 4.78 is 5.36. The molecule has 2 N–H and O–H groups in total. The zero-order valence-corrected chi connectivity index (χ0v) is 19.8. The molecule has 4 rings (SSSR count). The lowest BCUT2D eigenvalue weighted by atomic mass is 9.64. The van der Waals surface area contributed by atoms with E-state index in [9.17, 15) is 19.2 Å². The van der Waals surface area contributed by atoms with E-state index < -0.39 is 36.1 Å². The number of nitrogens with one attached hydrogen (secondary N) is 2. The average molecular weight is 454 g/mol. The van der Waals surface area contributed by atoms with E-state index in [1.165, 1.54) is 6.92 Å². The number of ketones is 1. The van der Waals surface area contributed by atoms with E-state index in [1.54, 1.807) is 6.92 Å². The Balaban J connectivity index is 1.45. The number of carbonyl (C=O) groups is 4. The number of para-hydroxylation sites is 1. The van der Waals surface area contributed by atoms with Crippen LogP contribution in [0.5, 0.6) is 0 Å². The molecule has 2 aliphatic rings. The Morgan fingerprint density at radius 1 is 1.21 bits per heavy atom. The lowest BCUT2D eigenvalue weighted by molar-refractivity contribution is -0.150. The second-order valence-electron chi connectivity index (χ2n) is 10.4. The summed E-state index contributed by atoms with van der Waals surface area (Å²) in [5, 5.41) is 3.60. The van der Waals surface area contributed by atoms with Crippen molar-refractivity contribution in [3.8, 4) is 0 Å². The van der Waals surface area contributed by atoms with Crippen molar-refractivity contribution in [3.63, 3.8) is 0 Å². The van der Waals surface area contributed by atoms with Crippen LogP contribution in [0.15, 0.2) is 24.3 Å². The Hall–Kier alpha value is -3.16. The van der Waals surface area contributed by atoms with E-state index in [1.807, 2.05) is 24.3 Å². The van der Waals surface area contributed by atoms with Crippen molar-refractivity contribution < 1.29 is 23.9 Å². The van der Waals surface area contributed by atoms with Crippen LogP contribution in [-0.2, 0) is 14.3 Å². The van der Waals surface area contributed by atoms with Gasteiger partial charge < -0.3 is 15.0 Å². The molecule has 1 saturated heterocycles. The third-order valence-electron chi connectivity index (χ3n) is 6.73. The fraction of sp³-hybridized carbons (Fsp3) is 0.520. The number of urea groups is 1. The number of amides is 3. The maximum atomic E-state index is 13.2. The zero-order chi connectivity index (χ0) is 24.1. The number of hydrogen-bond acceptors (Lipinski definition) is 5. The smallest absolute Gasteiger partial charge is 0.326 e. The highest BCUT2D eigenvalue weighted by atomic mass is 16.5. The number of hydrogen-bond donors (Lipinski definition) is 2. The maximum Gasteiger partial charge on any atom is 0.326 e. The molecule has 1 aromatic heterocycles. The normalized spacial score (nSPS) is 25.4. The summed E-state index contributed by atoms with van der Waals surface area (Å²) in [5.41, 5.74) is 0.898. The number of rotatable bonds is 5. The van der Waals surface area contributed by atoms with Gasteiger partial charge in [-0.05, 0) is 50.5 Å². The van der Waals surface area contributed by atoms with Crippen molar-refractivity contribution in [3.05, 3.63) is 35.5 Å². The fourth-order valence-electron chi connectivity index (χ4n) is 5.86. The Labute approximate surface area is 193 Å². The quantitative estimate of drug-likeness (QED) is 0.407. The Bertz CT molecular complexity index is 1150. The molecule has 3 unspecified atom stereocenters. The molecule has 1 aliphatic carbocycles. The SMILES string of the molecule is Cc1[nH]c2ccccc2c1C(=O)C(C)OC(=O)CN1C(=O)NC2(CC(C)CC(C)(C)C2)C1=O. The van der Waals surface area contributed by atoms with Crippen LogP contribution < -0.4 is 5.32 Å². The van der Waals surface area contributed by atoms with Gasteiger partial charge in [0.05, 0.1) is 0 Å². The summed E-state index contributed by atoms with van der Waals surface area (Å²) in [6.07, 6.45) is 0.974. The predicted octanol–water partition coefficient (Wildman–Crippen LogP) is 3.73. The molecule has 1 saturated carbocycles. The minimum absolute atomic E-state index is 0.102. The van der Waals surface area contributed by atoms with E-state index in [0.29, 0.717) is 24.1 Å². The molecule has 1 aromatic carbocycles. The number of aryl methyl sites for hydroxylation is 1. The summed E-state index contributed by atoms with van der Waals surface area (Å²) in [5.74, 6) is -1.26. The number of imide groups is 1. The highest BCUT2D eigenvalue weighted by Crippen LogP contribution is 2.46. The summed E-state index contributed by atoms with van der Waals surface area (Å²) in [6, 6.07) is 6.82. The first kappa shape index (κ1) is 23.0. The van der Waals surface area contributed by atoms with Crippen molar-refractivity contribution in [2.75, 3.05) is 6.54 Å². The topological polar surface area (TPSA) is 109 Å². The van der Waals surface area contributed by atoms with Gasteiger partial charge in [-0.25, -0.2) is 4.79 Å². The minimum Gasteiger partial charge on any atom is -0.453 e. The number of ether oxygens (including phenoxy) is 1. The first-order chi connectivity index (χ1) is 15.4. The van der Waals surface area contributed by atoms with Crippen molar-refractivity contribution in [1.82, 2.24) is 15.2 Å². The molecular formula is C25H31N3O5. The van der Waals surface area contributed by atoms with Crippen LogP contribution in [0.3, 0.4) is 0 Å². The van der Waals surface area contributed by atoms with E-state index in [-0.39, 0.29) is 17.1 Å². The highest BCUT2D eigenvalue weighted by molar-refractivity contribution is 6.12. The van der Waals surface area contributed by atoms with Crippen molar-refractivity contribution in [1.29, 1.82) is 0 Å². The van der Waals surface area contributed by atoms with Crippen LogP contribution in [0.25, 0.3) is 10.9 Å². The summed E-state index contributed by atoms with van der Waals surface area (Å²) in [7, 11) is 0. The monoisotopic (exact) mass is 453 g/mol. The van der Waals surface area contributed by atoms with Crippen LogP contribution in [-0.4, -0.2) is 51.8 Å². The molecule has 8 heteroatoms. The maximum absolute atomic E-state index is 13.2. The molecule has 176 valence electrons. The molecular weight excluding hydrogens is 422 g/mol. The first-order valence-electron chi connectivity index (χ1n) is 11.4. The first-order valence-corrected chi connectivity index (χ1v) is 11.4. The molecule has 2 fully saturated rings. The lowest BCUT2D eigenvalue weighted by Gasteiger charge is -2.43. The molecule has 3 atom stereocenters. The number of aromatic amines is 1. The van der Waals surface area contributed by atoms with Gasteiger partial charge in [-0.1, -0.05) is 39.0 Å². The summed E-state index contributed by atoms with van der Waals surface area (Å²) in [6.45, 7) is 9.01. The van der Waals surface area contributed by atoms with Crippen LogP contribution in [0.4, 0.5) is 4.79 Å². The van der Waals surface area contributed by atoms with E-state index in [0.717, 1.165) is 22.2 Å². The fourth-order valence-corrected chi connectivity index (χ4v) is 5.86. The third kappa shape index (κ3) is 4.14. The molecule has 8 nitrogen and oxygen atoms in total. The number of nitrogens with zero attached hydrogens (tertiary/aromatic N) is 1. The lowest BCUT2D eigenvalue weighted by Crippen LogP contribution is -2.54. The molecule has 2 heterocycles. The Kier molecular flexibility index (Phi) is 5.58. The highest BCUT2D eigenvalue weighted by Gasteiger charge is 2.56. The van der Waals surface area contributed by atoms with Gasteiger partial charge in [-0.3, -0.25) is 19.3 Å². The number of benzene rings is 1. The standard InChI is InChI=1S/C25H31N3O5/c1-14-10-24(4,5)13-25(11-14)22(31)28(23(32)27-25)12-19(29)33-16(3)21(30)20-15(2)26-18-9-7-6-8-17(18)20/h6-9,14,16,26H,10-13H2,1-5H3,(H,27,32). The molecule has 0 bridgehead atoms. The van der Waals surface area contributed by atoms with Crippen molar-refractivity contribution in [2.45, 2.75) is 65.5 Å². The van der Waals surface area contributed by atoms with E-state index >= 15 is 0 Å². The Morgan fingerprint density at radius 3 is 2.61 bits per heavy atom. The van der Waals surface area contributed by atoms with Gasteiger partial charge in [0.25, 0.3) is 5.91 Å². The van der Waals surface area contributed by atoms with Crippen LogP contribution in [0.2, 0.25) is 0 Å². The molecule has 2 aromatic rings. The minimum atomic E-state index is -1.06. The number of aromatic nitrogens is 1. The summed E-state index contributed by atoms with van der Waals surface area (Å²) >= 11 is 0. The average Bonchev–Trinajstić information content (AvgIpc) is 3.14. The molecule has 3 amide bonds. The van der Waals surface area contributed by atoms with E-state index in [2.05, 4.69) is 31.1 Å². The van der Waals surface area contributed by atoms with Gasteiger partial charge in [0.2, 0.25) is 5.78 Å². The van der Waals surface area contributed by atoms with Gasteiger partial charge in [0.1, 0.15) is 12.1 Å². The number of Topliss-reactive ketones (excluding diaryl/α,β-unsaturated/α-hetero) is 1. The van der Waals surface area contributed by atoms with E-state index in [4.69, 9.17) is 4.74 Å². The summed E-state index contributed by atoms with van der Waals surface area (Å²) in [4.78, 5) is 55.6. The van der Waals surface area contributed by atoms with Gasteiger partial charge in [0.15, 0.2) is 6.10 Å². The predicted molar refractivity (Wildman–Crippen MR) is 123 cm³/mol. The van der Waals surface area contributed by atoms with Crippen LogP contribution >= 0.6 is 0 Å². The molecule has 0 radical (unpaired) electrons. The Morgan fingerprint density at radius 2 is 1.91 bits per heavy atom. The van der Waals surface area contributed by atoms with Crippen LogP contribution in [0.1, 0.15) is 63.0 Å². The number of carbonyl (C=O) groups excluding carboxylic acids is 4. The largest absolute Gasteiger partial charge is 0.453 e. The molecule has 1 spiro atoms. The second-order valence-corrected chi connectivity index (χ2v) is 10.4.